The van der Waals surface area contributed by atoms with Crippen LogP contribution in [0.2, 0.25) is 0 Å². The average Bonchev–Trinajstić information content (AvgIpc) is 3.25. The first kappa shape index (κ1) is 20.3. The van der Waals surface area contributed by atoms with E-state index in [1.165, 1.54) is 0 Å². The van der Waals surface area contributed by atoms with E-state index in [1.807, 2.05) is 12.3 Å². The lowest BCUT2D eigenvalue weighted by molar-refractivity contribution is -0.134. The van der Waals surface area contributed by atoms with Crippen molar-refractivity contribution in [3.8, 4) is 5.75 Å². The number of aromatic nitrogens is 1. The number of aryl methyl sites for hydroxylation is 1. The first-order chi connectivity index (χ1) is 14.4. The molecule has 158 valence electrons. The summed E-state index contributed by atoms with van der Waals surface area (Å²) in [6, 6.07) is 6.01. The van der Waals surface area contributed by atoms with Crippen molar-refractivity contribution in [1.29, 1.82) is 0 Å². The minimum absolute atomic E-state index is 0.292. The van der Waals surface area contributed by atoms with Gasteiger partial charge in [0.25, 0.3) is 11.8 Å². The van der Waals surface area contributed by atoms with Crippen LogP contribution in [0.5, 0.6) is 5.75 Å². The van der Waals surface area contributed by atoms with Gasteiger partial charge in [0.2, 0.25) is 0 Å². The zero-order chi connectivity index (χ0) is 21.3. The molecule has 30 heavy (non-hydrogen) atoms. The highest BCUT2D eigenvalue weighted by molar-refractivity contribution is 7.09. The van der Waals surface area contributed by atoms with Gasteiger partial charge in [-0.2, -0.15) is 5.01 Å². The fourth-order valence-corrected chi connectivity index (χ4v) is 4.44. The third kappa shape index (κ3) is 4.02. The molecule has 4 amide bonds. The SMILES string of the molecule is Cc1nc(COc2cccc(C(=O)NN3C(=O)NC4(CCC(C)CC4)C3=O)c2)cs1. The third-order valence-electron chi connectivity index (χ3n) is 5.65. The van der Waals surface area contributed by atoms with E-state index in [0.29, 0.717) is 36.7 Å². The van der Waals surface area contributed by atoms with Gasteiger partial charge >= 0.3 is 6.03 Å². The molecule has 1 aliphatic carbocycles. The Morgan fingerprint density at radius 3 is 2.83 bits per heavy atom. The van der Waals surface area contributed by atoms with Crippen LogP contribution in [0.1, 0.15) is 53.7 Å². The molecular weight excluding hydrogens is 404 g/mol. The molecule has 1 saturated carbocycles. The highest BCUT2D eigenvalue weighted by Crippen LogP contribution is 2.35. The maximum atomic E-state index is 12.9. The van der Waals surface area contributed by atoms with Crippen LogP contribution in [-0.4, -0.2) is 33.4 Å². The minimum atomic E-state index is -0.895. The molecule has 2 fully saturated rings. The number of hydrazine groups is 1. The molecule has 2 N–H and O–H groups in total. The fourth-order valence-electron chi connectivity index (χ4n) is 3.84. The Kier molecular flexibility index (Phi) is 5.46. The number of imide groups is 1. The van der Waals surface area contributed by atoms with Gasteiger partial charge in [-0.15, -0.1) is 11.3 Å². The molecule has 9 heteroatoms. The largest absolute Gasteiger partial charge is 0.487 e. The molecule has 2 aliphatic rings. The van der Waals surface area contributed by atoms with Crippen LogP contribution in [0.15, 0.2) is 29.6 Å². The number of amides is 4. The molecule has 2 aromatic rings. The fraction of sp³-hybridized carbons (Fsp3) is 0.429. The van der Waals surface area contributed by atoms with Crippen LogP contribution < -0.4 is 15.5 Å². The van der Waals surface area contributed by atoms with Crippen molar-refractivity contribution in [3.63, 3.8) is 0 Å². The number of urea groups is 1. The topological polar surface area (TPSA) is 101 Å². The molecule has 1 saturated heterocycles. The summed E-state index contributed by atoms with van der Waals surface area (Å²) in [5.74, 6) is 0.0943. The number of carbonyl (C=O) groups excluding carboxylic acids is 3. The van der Waals surface area contributed by atoms with Gasteiger partial charge in [-0.1, -0.05) is 13.0 Å². The summed E-state index contributed by atoms with van der Waals surface area (Å²) in [5, 5.41) is 6.48. The Morgan fingerprint density at radius 1 is 1.37 bits per heavy atom. The first-order valence-electron chi connectivity index (χ1n) is 9.98. The van der Waals surface area contributed by atoms with Crippen molar-refractivity contribution in [2.75, 3.05) is 0 Å². The van der Waals surface area contributed by atoms with E-state index in [0.717, 1.165) is 28.6 Å². The van der Waals surface area contributed by atoms with Crippen molar-refractivity contribution < 1.29 is 19.1 Å². The normalized spacial score (nSPS) is 23.5. The number of nitrogens with zero attached hydrogens (tertiary/aromatic N) is 2. The zero-order valence-electron chi connectivity index (χ0n) is 16.9. The third-order valence-corrected chi connectivity index (χ3v) is 6.47. The number of thiazole rings is 1. The highest BCUT2D eigenvalue weighted by atomic mass is 32.1. The minimum Gasteiger partial charge on any atom is -0.487 e. The van der Waals surface area contributed by atoms with Crippen LogP contribution in [-0.2, 0) is 11.4 Å². The van der Waals surface area contributed by atoms with Gasteiger partial charge in [0.1, 0.15) is 17.9 Å². The van der Waals surface area contributed by atoms with Crippen LogP contribution >= 0.6 is 11.3 Å². The molecular formula is C21H24N4O4S. The monoisotopic (exact) mass is 428 g/mol. The summed E-state index contributed by atoms with van der Waals surface area (Å²) >= 11 is 1.54. The van der Waals surface area contributed by atoms with Crippen molar-refractivity contribution >= 4 is 29.2 Å². The van der Waals surface area contributed by atoms with Crippen LogP contribution in [0, 0.1) is 12.8 Å². The van der Waals surface area contributed by atoms with Gasteiger partial charge in [0.15, 0.2) is 0 Å². The Morgan fingerprint density at radius 2 is 2.13 bits per heavy atom. The van der Waals surface area contributed by atoms with Crippen molar-refractivity contribution in [2.24, 2.45) is 5.92 Å². The molecule has 1 aromatic carbocycles. The highest BCUT2D eigenvalue weighted by Gasteiger charge is 2.52. The first-order valence-corrected chi connectivity index (χ1v) is 10.9. The number of nitrogens with one attached hydrogen (secondary N) is 2. The molecule has 1 spiro atoms. The van der Waals surface area contributed by atoms with Gasteiger partial charge < -0.3 is 10.1 Å². The smallest absolute Gasteiger partial charge is 0.344 e. The van der Waals surface area contributed by atoms with Crippen LogP contribution in [0.3, 0.4) is 0 Å². The van der Waals surface area contributed by atoms with Gasteiger partial charge in [0.05, 0.1) is 10.7 Å². The molecule has 0 unspecified atom stereocenters. The predicted octanol–water partition coefficient (Wildman–Crippen LogP) is 3.18. The maximum absolute atomic E-state index is 12.9. The molecule has 8 nitrogen and oxygen atoms in total. The molecule has 2 heterocycles. The summed E-state index contributed by atoms with van der Waals surface area (Å²) < 4.78 is 5.71. The molecule has 1 aliphatic heterocycles. The number of carbonyl (C=O) groups is 3. The van der Waals surface area contributed by atoms with E-state index in [1.54, 1.807) is 35.6 Å². The maximum Gasteiger partial charge on any atom is 0.344 e. The van der Waals surface area contributed by atoms with Crippen LogP contribution in [0.4, 0.5) is 4.79 Å². The lowest BCUT2D eigenvalue weighted by Gasteiger charge is -2.33. The van der Waals surface area contributed by atoms with E-state index < -0.39 is 17.5 Å². The zero-order valence-corrected chi connectivity index (χ0v) is 17.8. The standard InChI is InChI=1S/C21H24N4O4S/c1-13-6-8-21(9-7-13)19(27)25(20(28)23-21)24-18(26)15-4-3-5-17(10-15)29-11-16-12-30-14(2)22-16/h3-5,10,12-13H,6-9,11H2,1-2H3,(H,23,28)(H,24,26). The Hall–Kier alpha value is -2.94. The lowest BCUT2D eigenvalue weighted by Crippen LogP contribution is -2.51. The van der Waals surface area contributed by atoms with Gasteiger partial charge in [-0.3, -0.25) is 15.0 Å². The number of rotatable bonds is 5. The predicted molar refractivity (Wildman–Crippen MR) is 111 cm³/mol. The summed E-state index contributed by atoms with van der Waals surface area (Å²) in [6.07, 6.45) is 2.91. The summed E-state index contributed by atoms with van der Waals surface area (Å²) in [4.78, 5) is 42.3. The second kappa shape index (κ2) is 8.06. The summed E-state index contributed by atoms with van der Waals surface area (Å²) in [7, 11) is 0. The van der Waals surface area contributed by atoms with Gasteiger partial charge in [-0.05, 0) is 56.7 Å². The van der Waals surface area contributed by atoms with E-state index >= 15 is 0 Å². The molecule has 4 rings (SSSR count). The Balaban J connectivity index is 1.41. The lowest BCUT2D eigenvalue weighted by atomic mass is 9.77. The van der Waals surface area contributed by atoms with E-state index in [9.17, 15) is 14.4 Å². The van der Waals surface area contributed by atoms with Crippen molar-refractivity contribution in [1.82, 2.24) is 20.7 Å². The summed E-state index contributed by atoms with van der Waals surface area (Å²) in [5.41, 5.74) is 2.66. The van der Waals surface area contributed by atoms with Crippen molar-refractivity contribution in [3.05, 3.63) is 45.9 Å². The Bertz CT molecular complexity index is 981. The summed E-state index contributed by atoms with van der Waals surface area (Å²) in [6.45, 7) is 4.36. The Labute approximate surface area is 178 Å². The second-order valence-electron chi connectivity index (χ2n) is 7.95. The quantitative estimate of drug-likeness (QED) is 0.713. The number of ether oxygens (including phenoxy) is 1. The van der Waals surface area contributed by atoms with E-state index in [-0.39, 0.29) is 5.91 Å². The second-order valence-corrected chi connectivity index (χ2v) is 9.01. The molecule has 0 bridgehead atoms. The average molecular weight is 429 g/mol. The molecule has 0 radical (unpaired) electrons. The number of benzene rings is 1. The molecule has 1 aromatic heterocycles. The molecule has 0 atom stereocenters. The number of hydrogen-bond donors (Lipinski definition) is 2. The number of hydrogen-bond acceptors (Lipinski definition) is 6. The van der Waals surface area contributed by atoms with Crippen molar-refractivity contribution in [2.45, 2.75) is 51.7 Å². The van der Waals surface area contributed by atoms with Gasteiger partial charge in [0, 0.05) is 10.9 Å². The van der Waals surface area contributed by atoms with E-state index in [2.05, 4.69) is 22.7 Å². The van der Waals surface area contributed by atoms with Gasteiger partial charge in [-0.25, -0.2) is 9.78 Å². The van der Waals surface area contributed by atoms with Crippen LogP contribution in [0.25, 0.3) is 0 Å². The van der Waals surface area contributed by atoms with E-state index in [4.69, 9.17) is 4.74 Å².